The predicted molar refractivity (Wildman–Crippen MR) is 74.6 cm³/mol. The number of ether oxygens (including phenoxy) is 1. The van der Waals surface area contributed by atoms with E-state index in [9.17, 15) is 4.79 Å². The van der Waals surface area contributed by atoms with E-state index in [0.717, 1.165) is 0 Å². The first kappa shape index (κ1) is 13.9. The fourth-order valence-electron chi connectivity index (χ4n) is 2.77. The molecule has 3 heteroatoms. The van der Waals surface area contributed by atoms with Crippen molar-refractivity contribution in [3.8, 4) is 5.75 Å². The molecule has 1 N–H and O–H groups in total. The summed E-state index contributed by atoms with van der Waals surface area (Å²) in [7, 11) is 0. The molecular formula is C16H22O3. The Hall–Kier alpha value is -1.51. The van der Waals surface area contributed by atoms with Gasteiger partial charge in [0.25, 0.3) is 0 Å². The van der Waals surface area contributed by atoms with E-state index in [0.29, 0.717) is 11.7 Å². The van der Waals surface area contributed by atoms with E-state index < -0.39 is 5.97 Å². The number of carboxylic acids is 1. The third kappa shape index (κ3) is 4.58. The third-order valence-electron chi connectivity index (χ3n) is 3.82. The number of carbonyl (C=O) groups is 1. The van der Waals surface area contributed by atoms with Crippen molar-refractivity contribution >= 4 is 5.97 Å². The lowest BCUT2D eigenvalue weighted by Crippen LogP contribution is -2.09. The van der Waals surface area contributed by atoms with Crippen LogP contribution >= 0.6 is 0 Å². The van der Waals surface area contributed by atoms with Crippen molar-refractivity contribution in [3.63, 3.8) is 0 Å². The van der Waals surface area contributed by atoms with Crippen LogP contribution in [0.15, 0.2) is 24.3 Å². The van der Waals surface area contributed by atoms with Crippen molar-refractivity contribution in [3.05, 3.63) is 29.8 Å². The van der Waals surface area contributed by atoms with Gasteiger partial charge in [0.15, 0.2) is 6.61 Å². The van der Waals surface area contributed by atoms with Gasteiger partial charge < -0.3 is 9.84 Å². The second-order valence-electron chi connectivity index (χ2n) is 5.29. The minimum absolute atomic E-state index is 0.275. The summed E-state index contributed by atoms with van der Waals surface area (Å²) in [4.78, 5) is 10.4. The van der Waals surface area contributed by atoms with Crippen molar-refractivity contribution in [1.82, 2.24) is 0 Å². The van der Waals surface area contributed by atoms with Crippen molar-refractivity contribution < 1.29 is 14.6 Å². The zero-order valence-electron chi connectivity index (χ0n) is 11.3. The molecule has 1 aliphatic rings. The van der Waals surface area contributed by atoms with Gasteiger partial charge in [0.05, 0.1) is 0 Å². The molecule has 1 fully saturated rings. The van der Waals surface area contributed by atoms with Gasteiger partial charge in [-0.2, -0.15) is 0 Å². The summed E-state index contributed by atoms with van der Waals surface area (Å²) in [6.07, 6.45) is 9.29. The molecule has 0 atom stereocenters. The molecule has 1 aliphatic carbocycles. The first-order chi connectivity index (χ1) is 9.25. The van der Waals surface area contributed by atoms with Crippen molar-refractivity contribution in [1.29, 1.82) is 0 Å². The van der Waals surface area contributed by atoms with Crippen molar-refractivity contribution in [2.45, 2.75) is 50.9 Å². The van der Waals surface area contributed by atoms with Crippen LogP contribution in [-0.2, 0) is 4.79 Å². The Morgan fingerprint density at radius 1 is 1.05 bits per heavy atom. The van der Waals surface area contributed by atoms with Crippen LogP contribution in [0.1, 0.15) is 56.4 Å². The monoisotopic (exact) mass is 262 g/mol. The minimum Gasteiger partial charge on any atom is -0.482 e. The predicted octanol–water partition coefficient (Wildman–Crippen LogP) is 3.98. The molecule has 1 aromatic carbocycles. The van der Waals surface area contributed by atoms with Crippen molar-refractivity contribution in [2.75, 3.05) is 6.61 Å². The molecule has 0 heterocycles. The smallest absolute Gasteiger partial charge is 0.341 e. The average Bonchev–Trinajstić information content (AvgIpc) is 2.37. The van der Waals surface area contributed by atoms with Gasteiger partial charge in [0.2, 0.25) is 0 Å². The standard InChI is InChI=1S/C16H22O3/c17-16(18)12-19-15-10-8-14(9-11-15)13-6-4-2-1-3-5-7-13/h8-11,13H,1-7,12H2,(H,17,18). The molecule has 1 aromatic rings. The summed E-state index contributed by atoms with van der Waals surface area (Å²) in [5, 5.41) is 8.57. The Morgan fingerprint density at radius 2 is 1.63 bits per heavy atom. The first-order valence-electron chi connectivity index (χ1n) is 7.20. The van der Waals surface area contributed by atoms with Gasteiger partial charge in [0, 0.05) is 0 Å². The molecule has 104 valence electrons. The summed E-state index contributed by atoms with van der Waals surface area (Å²) in [6.45, 7) is -0.275. The average molecular weight is 262 g/mol. The summed E-state index contributed by atoms with van der Waals surface area (Å²) in [6, 6.07) is 7.95. The van der Waals surface area contributed by atoms with Crippen LogP contribution < -0.4 is 4.74 Å². The number of hydrogen-bond donors (Lipinski definition) is 1. The van der Waals surface area contributed by atoms with Gasteiger partial charge in [-0.05, 0) is 36.5 Å². The van der Waals surface area contributed by atoms with E-state index in [1.54, 1.807) is 0 Å². The van der Waals surface area contributed by atoms with Gasteiger partial charge in [-0.15, -0.1) is 0 Å². The minimum atomic E-state index is -0.941. The third-order valence-corrected chi connectivity index (χ3v) is 3.82. The van der Waals surface area contributed by atoms with Crippen LogP contribution in [0.5, 0.6) is 5.75 Å². The molecule has 3 nitrogen and oxygen atoms in total. The zero-order chi connectivity index (χ0) is 13.5. The molecule has 19 heavy (non-hydrogen) atoms. The Kier molecular flexibility index (Phi) is 5.25. The summed E-state index contributed by atoms with van der Waals surface area (Å²) < 4.78 is 5.15. The molecule has 0 bridgehead atoms. The summed E-state index contributed by atoms with van der Waals surface area (Å²) >= 11 is 0. The Balaban J connectivity index is 1.94. The van der Waals surface area contributed by atoms with Gasteiger partial charge in [0.1, 0.15) is 5.75 Å². The second kappa shape index (κ2) is 7.17. The zero-order valence-corrected chi connectivity index (χ0v) is 11.3. The van der Waals surface area contributed by atoms with Crippen LogP contribution in [0.4, 0.5) is 0 Å². The molecular weight excluding hydrogens is 240 g/mol. The molecule has 0 spiro atoms. The van der Waals surface area contributed by atoms with Crippen LogP contribution in [0.2, 0.25) is 0 Å². The normalized spacial score (nSPS) is 17.5. The first-order valence-corrected chi connectivity index (χ1v) is 7.20. The fraction of sp³-hybridized carbons (Fsp3) is 0.562. The highest BCUT2D eigenvalue weighted by molar-refractivity contribution is 5.68. The summed E-state index contributed by atoms with van der Waals surface area (Å²) in [5.41, 5.74) is 1.37. The Morgan fingerprint density at radius 3 is 2.21 bits per heavy atom. The number of benzene rings is 1. The van der Waals surface area contributed by atoms with Crippen LogP contribution in [0, 0.1) is 0 Å². The molecule has 1 saturated carbocycles. The van der Waals surface area contributed by atoms with Gasteiger partial charge in [-0.25, -0.2) is 4.79 Å². The maximum Gasteiger partial charge on any atom is 0.341 e. The van der Waals surface area contributed by atoms with E-state index in [1.165, 1.54) is 50.5 Å². The van der Waals surface area contributed by atoms with E-state index in [-0.39, 0.29) is 6.61 Å². The topological polar surface area (TPSA) is 46.5 Å². The lowest BCUT2D eigenvalue weighted by Gasteiger charge is -2.20. The molecule has 0 aliphatic heterocycles. The molecule has 0 radical (unpaired) electrons. The number of rotatable bonds is 4. The van der Waals surface area contributed by atoms with Gasteiger partial charge >= 0.3 is 5.97 Å². The van der Waals surface area contributed by atoms with Gasteiger partial charge in [-0.1, -0.05) is 44.2 Å². The maximum atomic E-state index is 10.4. The Bertz CT molecular complexity index is 389. The van der Waals surface area contributed by atoms with E-state index in [2.05, 4.69) is 12.1 Å². The number of hydrogen-bond acceptors (Lipinski definition) is 2. The molecule has 2 rings (SSSR count). The molecule has 0 saturated heterocycles. The Labute approximate surface area is 114 Å². The van der Waals surface area contributed by atoms with Crippen LogP contribution in [0.3, 0.4) is 0 Å². The largest absolute Gasteiger partial charge is 0.482 e. The summed E-state index contributed by atoms with van der Waals surface area (Å²) in [5.74, 6) is 0.356. The van der Waals surface area contributed by atoms with Gasteiger partial charge in [-0.3, -0.25) is 0 Å². The molecule has 0 aromatic heterocycles. The fourth-order valence-corrected chi connectivity index (χ4v) is 2.77. The van der Waals surface area contributed by atoms with Crippen LogP contribution in [-0.4, -0.2) is 17.7 Å². The molecule has 0 unspecified atom stereocenters. The number of aliphatic carboxylic acids is 1. The van der Waals surface area contributed by atoms with Crippen molar-refractivity contribution in [2.24, 2.45) is 0 Å². The van der Waals surface area contributed by atoms with E-state index in [4.69, 9.17) is 9.84 Å². The lowest BCUT2D eigenvalue weighted by atomic mass is 9.86. The highest BCUT2D eigenvalue weighted by Crippen LogP contribution is 2.31. The molecule has 0 amide bonds. The lowest BCUT2D eigenvalue weighted by molar-refractivity contribution is -0.139. The SMILES string of the molecule is O=C(O)COc1ccc(C2CCCCCCC2)cc1. The highest BCUT2D eigenvalue weighted by Gasteiger charge is 2.13. The van der Waals surface area contributed by atoms with E-state index >= 15 is 0 Å². The quantitative estimate of drug-likeness (QED) is 0.892. The maximum absolute atomic E-state index is 10.4. The highest BCUT2D eigenvalue weighted by atomic mass is 16.5. The van der Waals surface area contributed by atoms with Crippen LogP contribution in [0.25, 0.3) is 0 Å². The van der Waals surface area contributed by atoms with E-state index in [1.807, 2.05) is 12.1 Å². The second-order valence-corrected chi connectivity index (χ2v) is 5.29. The number of carboxylic acid groups (broad SMARTS) is 1.